The minimum Gasteiger partial charge on any atom is -0.486 e. The van der Waals surface area contributed by atoms with E-state index in [2.05, 4.69) is 17.2 Å². The van der Waals surface area contributed by atoms with Crippen LogP contribution in [-0.2, 0) is 13.2 Å². The zero-order valence-corrected chi connectivity index (χ0v) is 12.0. The molecule has 108 valence electrons. The van der Waals surface area contributed by atoms with E-state index in [0.717, 1.165) is 41.1 Å². The van der Waals surface area contributed by atoms with Crippen LogP contribution in [0.3, 0.4) is 0 Å². The number of aromatic nitrogens is 1. The van der Waals surface area contributed by atoms with Crippen LogP contribution in [0.5, 0.6) is 5.75 Å². The van der Waals surface area contributed by atoms with E-state index in [1.54, 1.807) is 12.5 Å². The van der Waals surface area contributed by atoms with E-state index in [0.29, 0.717) is 6.61 Å². The van der Waals surface area contributed by atoms with Crippen molar-refractivity contribution in [3.8, 4) is 5.75 Å². The zero-order chi connectivity index (χ0) is 14.5. The zero-order valence-electron chi connectivity index (χ0n) is 12.0. The van der Waals surface area contributed by atoms with Crippen molar-refractivity contribution < 1.29 is 9.15 Å². The van der Waals surface area contributed by atoms with E-state index >= 15 is 0 Å². The highest BCUT2D eigenvalue weighted by molar-refractivity contribution is 5.79. The molecule has 0 aliphatic heterocycles. The van der Waals surface area contributed by atoms with Gasteiger partial charge < -0.3 is 14.5 Å². The van der Waals surface area contributed by atoms with Gasteiger partial charge >= 0.3 is 0 Å². The summed E-state index contributed by atoms with van der Waals surface area (Å²) in [6.07, 6.45) is 3.55. The summed E-state index contributed by atoms with van der Waals surface area (Å²) >= 11 is 0. The number of nitrogens with zero attached hydrogens (tertiary/aromatic N) is 1. The molecule has 0 saturated heterocycles. The van der Waals surface area contributed by atoms with Gasteiger partial charge in [0, 0.05) is 29.8 Å². The minimum atomic E-state index is 0.421. The fourth-order valence-electron chi connectivity index (χ4n) is 2.15. The third-order valence-corrected chi connectivity index (χ3v) is 3.25. The van der Waals surface area contributed by atoms with Crippen molar-refractivity contribution in [2.24, 2.45) is 0 Å². The van der Waals surface area contributed by atoms with Crippen LogP contribution in [-0.4, -0.2) is 11.5 Å². The van der Waals surface area contributed by atoms with Crippen LogP contribution in [0.4, 0.5) is 0 Å². The van der Waals surface area contributed by atoms with Crippen LogP contribution in [0, 0.1) is 0 Å². The van der Waals surface area contributed by atoms with E-state index < -0.39 is 0 Å². The van der Waals surface area contributed by atoms with Gasteiger partial charge in [-0.2, -0.15) is 0 Å². The molecule has 4 heteroatoms. The Labute approximate surface area is 123 Å². The molecule has 3 rings (SSSR count). The van der Waals surface area contributed by atoms with Crippen molar-refractivity contribution in [1.82, 2.24) is 10.3 Å². The Hall–Kier alpha value is -2.33. The Morgan fingerprint density at radius 2 is 2.19 bits per heavy atom. The second kappa shape index (κ2) is 6.41. The summed E-state index contributed by atoms with van der Waals surface area (Å²) in [7, 11) is 0. The molecule has 0 amide bonds. The van der Waals surface area contributed by atoms with E-state index in [4.69, 9.17) is 9.15 Å². The smallest absolute Gasteiger partial charge is 0.146 e. The predicted molar refractivity (Wildman–Crippen MR) is 82.2 cm³/mol. The number of hydrogen-bond donors (Lipinski definition) is 1. The number of nitrogens with one attached hydrogen (secondary N) is 1. The Morgan fingerprint density at radius 3 is 3.10 bits per heavy atom. The maximum atomic E-state index is 5.76. The van der Waals surface area contributed by atoms with Crippen LogP contribution in [0.1, 0.15) is 18.2 Å². The fraction of sp³-hybridized carbons (Fsp3) is 0.235. The highest BCUT2D eigenvalue weighted by Gasteiger charge is 2.03. The van der Waals surface area contributed by atoms with Crippen LogP contribution in [0.15, 0.2) is 53.3 Å². The molecule has 1 aromatic carbocycles. The van der Waals surface area contributed by atoms with Gasteiger partial charge in [0.15, 0.2) is 0 Å². The number of fused-ring (bicyclic) bond motifs is 1. The van der Waals surface area contributed by atoms with Crippen LogP contribution >= 0.6 is 0 Å². The van der Waals surface area contributed by atoms with E-state index in [-0.39, 0.29) is 0 Å². The van der Waals surface area contributed by atoms with Gasteiger partial charge in [-0.15, -0.1) is 0 Å². The number of furan rings is 1. The van der Waals surface area contributed by atoms with Crippen molar-refractivity contribution in [2.45, 2.75) is 20.1 Å². The average molecular weight is 282 g/mol. The molecule has 0 atom stereocenters. The molecule has 2 heterocycles. The summed E-state index contributed by atoms with van der Waals surface area (Å²) in [5.74, 6) is 1.62. The summed E-state index contributed by atoms with van der Waals surface area (Å²) in [5, 5.41) is 4.37. The lowest BCUT2D eigenvalue weighted by Gasteiger charge is -2.05. The first-order valence-corrected chi connectivity index (χ1v) is 7.10. The van der Waals surface area contributed by atoms with Crippen LogP contribution < -0.4 is 10.1 Å². The summed E-state index contributed by atoms with van der Waals surface area (Å²) < 4.78 is 11.3. The average Bonchev–Trinajstić information content (AvgIpc) is 2.98. The van der Waals surface area contributed by atoms with Gasteiger partial charge in [-0.3, -0.25) is 4.98 Å². The van der Waals surface area contributed by atoms with Crippen molar-refractivity contribution in [2.75, 3.05) is 6.54 Å². The molecule has 0 spiro atoms. The molecular formula is C17H18N2O2. The van der Waals surface area contributed by atoms with Gasteiger partial charge in [-0.05, 0) is 30.8 Å². The Morgan fingerprint density at radius 1 is 1.24 bits per heavy atom. The maximum Gasteiger partial charge on any atom is 0.146 e. The van der Waals surface area contributed by atoms with Gasteiger partial charge in [0.2, 0.25) is 0 Å². The Balaban J connectivity index is 1.64. The van der Waals surface area contributed by atoms with E-state index in [1.165, 1.54) is 0 Å². The lowest BCUT2D eigenvalue weighted by Crippen LogP contribution is -2.10. The van der Waals surface area contributed by atoms with Crippen molar-refractivity contribution >= 4 is 10.9 Å². The standard InChI is InChI=1S/C17H18N2O2/c1-2-18-10-13-8-16(20-11-13)12-21-15-6-5-14-4-3-7-19-17(14)9-15/h3-9,11,18H,2,10,12H2,1H3. The first-order valence-electron chi connectivity index (χ1n) is 7.10. The number of ether oxygens (including phenoxy) is 1. The molecule has 0 bridgehead atoms. The number of benzene rings is 1. The van der Waals surface area contributed by atoms with Gasteiger partial charge in [0.1, 0.15) is 18.1 Å². The molecule has 2 aromatic heterocycles. The number of pyridine rings is 1. The number of hydrogen-bond acceptors (Lipinski definition) is 4. The lowest BCUT2D eigenvalue weighted by atomic mass is 10.2. The molecule has 0 fully saturated rings. The monoisotopic (exact) mass is 282 g/mol. The van der Waals surface area contributed by atoms with Crippen molar-refractivity contribution in [1.29, 1.82) is 0 Å². The topological polar surface area (TPSA) is 47.3 Å². The molecule has 4 nitrogen and oxygen atoms in total. The second-order valence-corrected chi connectivity index (χ2v) is 4.85. The molecular weight excluding hydrogens is 264 g/mol. The number of rotatable bonds is 6. The molecule has 0 aliphatic rings. The minimum absolute atomic E-state index is 0.421. The normalized spacial score (nSPS) is 10.9. The van der Waals surface area contributed by atoms with Gasteiger partial charge in [0.05, 0.1) is 11.8 Å². The quantitative estimate of drug-likeness (QED) is 0.751. The summed E-state index contributed by atoms with van der Waals surface area (Å²) in [6, 6.07) is 11.9. The molecule has 0 unspecified atom stereocenters. The third kappa shape index (κ3) is 3.41. The summed E-state index contributed by atoms with van der Waals surface area (Å²) in [4.78, 5) is 4.32. The largest absolute Gasteiger partial charge is 0.486 e. The van der Waals surface area contributed by atoms with Crippen molar-refractivity contribution in [3.63, 3.8) is 0 Å². The first kappa shape index (κ1) is 13.6. The molecule has 1 N–H and O–H groups in total. The predicted octanol–water partition coefficient (Wildman–Crippen LogP) is 3.52. The molecule has 0 radical (unpaired) electrons. The van der Waals surface area contributed by atoms with E-state index in [9.17, 15) is 0 Å². The Bertz CT molecular complexity index is 721. The third-order valence-electron chi connectivity index (χ3n) is 3.25. The van der Waals surface area contributed by atoms with Crippen LogP contribution in [0.25, 0.3) is 10.9 Å². The lowest BCUT2D eigenvalue weighted by molar-refractivity contribution is 0.270. The highest BCUT2D eigenvalue weighted by Crippen LogP contribution is 2.20. The molecule has 0 aliphatic carbocycles. The van der Waals surface area contributed by atoms with Gasteiger partial charge in [0.25, 0.3) is 0 Å². The van der Waals surface area contributed by atoms with Crippen LogP contribution in [0.2, 0.25) is 0 Å². The fourth-order valence-corrected chi connectivity index (χ4v) is 2.15. The Kier molecular flexibility index (Phi) is 4.17. The maximum absolute atomic E-state index is 5.76. The SMILES string of the molecule is CCNCc1coc(COc2ccc3cccnc3c2)c1. The second-order valence-electron chi connectivity index (χ2n) is 4.85. The highest BCUT2D eigenvalue weighted by atomic mass is 16.5. The van der Waals surface area contributed by atoms with Gasteiger partial charge in [-0.1, -0.05) is 13.0 Å². The summed E-state index contributed by atoms with van der Waals surface area (Å²) in [6.45, 7) is 4.27. The molecule has 3 aromatic rings. The summed E-state index contributed by atoms with van der Waals surface area (Å²) in [5.41, 5.74) is 2.07. The first-order chi connectivity index (χ1) is 10.3. The van der Waals surface area contributed by atoms with E-state index in [1.807, 2.05) is 36.4 Å². The molecule has 0 saturated carbocycles. The van der Waals surface area contributed by atoms with Gasteiger partial charge in [-0.25, -0.2) is 0 Å². The van der Waals surface area contributed by atoms with Crippen molar-refractivity contribution in [3.05, 3.63) is 60.2 Å². The molecule has 21 heavy (non-hydrogen) atoms.